The van der Waals surface area contributed by atoms with Gasteiger partial charge in [-0.1, -0.05) is 58.3 Å². The summed E-state index contributed by atoms with van der Waals surface area (Å²) in [5.74, 6) is 0. The maximum Gasteiger partial charge on any atom is 0.479 e. The zero-order valence-corrected chi connectivity index (χ0v) is 10.7. The zero-order chi connectivity index (χ0) is 12.1. The van der Waals surface area contributed by atoms with Gasteiger partial charge in [-0.05, 0) is 6.42 Å². The van der Waals surface area contributed by atoms with Gasteiger partial charge in [0.25, 0.3) is 0 Å². The van der Waals surface area contributed by atoms with Gasteiger partial charge >= 0.3 is 7.12 Å². The third-order valence-corrected chi connectivity index (χ3v) is 2.66. The summed E-state index contributed by atoms with van der Waals surface area (Å²) in [4.78, 5) is 0. The second kappa shape index (κ2) is 13.0. The lowest BCUT2D eigenvalue weighted by atomic mass is 9.95. The molecule has 96 valence electrons. The smallest absolute Gasteiger partial charge is 0.426 e. The van der Waals surface area contributed by atoms with E-state index in [1.54, 1.807) is 0 Å². The summed E-state index contributed by atoms with van der Waals surface area (Å²) in [6.07, 6.45) is 11.6. The Bertz CT molecular complexity index is 131. The van der Waals surface area contributed by atoms with Crippen LogP contribution in [0.15, 0.2) is 0 Å². The van der Waals surface area contributed by atoms with Crippen molar-refractivity contribution in [1.29, 1.82) is 0 Å². The van der Waals surface area contributed by atoms with Crippen LogP contribution in [0.3, 0.4) is 0 Å². The third-order valence-electron chi connectivity index (χ3n) is 2.66. The summed E-state index contributed by atoms with van der Waals surface area (Å²) in [7, 11) is -1.32. The Morgan fingerprint density at radius 2 is 1.31 bits per heavy atom. The normalized spacial score (nSPS) is 10.7. The van der Waals surface area contributed by atoms with E-state index in [-0.39, 0.29) is 6.51 Å². The molecule has 0 fully saturated rings. The molecule has 0 spiro atoms. The molecule has 0 saturated heterocycles. The van der Waals surface area contributed by atoms with Gasteiger partial charge in [0.05, 0.1) is 6.51 Å². The molecule has 2 N–H and O–H groups in total. The Hall–Kier alpha value is -0.0551. The number of hydrogen-bond donors (Lipinski definition) is 2. The van der Waals surface area contributed by atoms with Gasteiger partial charge in [-0.15, -0.1) is 0 Å². The van der Waals surface area contributed by atoms with E-state index in [0.717, 1.165) is 6.42 Å². The number of hydrogen-bond acceptors (Lipinski definition) is 3. The van der Waals surface area contributed by atoms with Gasteiger partial charge in [0.2, 0.25) is 0 Å². The van der Waals surface area contributed by atoms with Crippen LogP contribution in [-0.2, 0) is 4.74 Å². The average Bonchev–Trinajstić information content (AvgIpc) is 2.25. The van der Waals surface area contributed by atoms with Crippen LogP contribution in [0, 0.1) is 0 Å². The molecule has 4 heteroatoms. The summed E-state index contributed by atoms with van der Waals surface area (Å²) in [5.41, 5.74) is 0. The van der Waals surface area contributed by atoms with Gasteiger partial charge in [-0.25, -0.2) is 0 Å². The Morgan fingerprint density at radius 1 is 0.812 bits per heavy atom. The minimum absolute atomic E-state index is 0.0387. The molecule has 0 aromatic rings. The number of rotatable bonds is 12. The van der Waals surface area contributed by atoms with E-state index >= 15 is 0 Å². The van der Waals surface area contributed by atoms with Gasteiger partial charge in [0.15, 0.2) is 0 Å². The highest BCUT2D eigenvalue weighted by atomic mass is 16.5. The second-order valence-electron chi connectivity index (χ2n) is 4.38. The zero-order valence-electron chi connectivity index (χ0n) is 10.7. The molecule has 16 heavy (non-hydrogen) atoms. The lowest BCUT2D eigenvalue weighted by Gasteiger charge is -2.03. The molecular formula is C12H27BO3. The van der Waals surface area contributed by atoms with Crippen molar-refractivity contribution in [3.63, 3.8) is 0 Å². The molecule has 0 saturated carbocycles. The summed E-state index contributed by atoms with van der Waals surface area (Å²) >= 11 is 0. The van der Waals surface area contributed by atoms with Gasteiger partial charge in [-0.3, -0.25) is 0 Å². The molecule has 0 unspecified atom stereocenters. The summed E-state index contributed by atoms with van der Waals surface area (Å²) in [5, 5.41) is 17.1. The van der Waals surface area contributed by atoms with Crippen LogP contribution < -0.4 is 0 Å². The fraction of sp³-hybridized carbons (Fsp3) is 1.00. The molecule has 0 aromatic carbocycles. The van der Waals surface area contributed by atoms with Crippen LogP contribution in [0.2, 0.25) is 0 Å². The molecule has 0 radical (unpaired) electrons. The van der Waals surface area contributed by atoms with Gasteiger partial charge < -0.3 is 14.8 Å². The van der Waals surface area contributed by atoms with E-state index < -0.39 is 7.12 Å². The Morgan fingerprint density at radius 3 is 1.81 bits per heavy atom. The highest BCUT2D eigenvalue weighted by Gasteiger charge is 2.04. The van der Waals surface area contributed by atoms with Crippen molar-refractivity contribution in [2.75, 3.05) is 13.1 Å². The Labute approximate surface area is 100 Å². The van der Waals surface area contributed by atoms with Crippen molar-refractivity contribution in [2.24, 2.45) is 0 Å². The van der Waals surface area contributed by atoms with Crippen LogP contribution in [-0.4, -0.2) is 30.3 Å². The standard InChI is InChI=1S/C12H27BO3/c1-2-3-4-5-6-7-8-9-10-11-16-12-13(14)15/h14-15H,2-12H2,1H3. The average molecular weight is 230 g/mol. The van der Waals surface area contributed by atoms with E-state index in [4.69, 9.17) is 14.8 Å². The molecular weight excluding hydrogens is 203 g/mol. The van der Waals surface area contributed by atoms with E-state index in [0.29, 0.717) is 6.61 Å². The van der Waals surface area contributed by atoms with E-state index in [1.165, 1.54) is 51.4 Å². The molecule has 0 aromatic heterocycles. The largest absolute Gasteiger partial charge is 0.479 e. The SMILES string of the molecule is CCCCCCCCCCCOCB(O)O. The van der Waals surface area contributed by atoms with Crippen LogP contribution in [0.25, 0.3) is 0 Å². The highest BCUT2D eigenvalue weighted by Crippen LogP contribution is 2.09. The quantitative estimate of drug-likeness (QED) is 0.400. The summed E-state index contributed by atoms with van der Waals surface area (Å²) in [6, 6.07) is 0. The molecule has 3 nitrogen and oxygen atoms in total. The van der Waals surface area contributed by atoms with E-state index in [2.05, 4.69) is 6.92 Å². The first kappa shape index (κ1) is 15.9. The lowest BCUT2D eigenvalue weighted by Crippen LogP contribution is -2.20. The van der Waals surface area contributed by atoms with Crippen LogP contribution in [0.1, 0.15) is 64.7 Å². The van der Waals surface area contributed by atoms with Crippen molar-refractivity contribution in [3.05, 3.63) is 0 Å². The molecule has 0 aliphatic rings. The maximum absolute atomic E-state index is 8.53. The molecule has 0 bridgehead atoms. The Kier molecular flexibility index (Phi) is 13.0. The third kappa shape index (κ3) is 13.9. The van der Waals surface area contributed by atoms with Crippen LogP contribution >= 0.6 is 0 Å². The maximum atomic E-state index is 8.53. The van der Waals surface area contributed by atoms with Crippen molar-refractivity contribution < 1.29 is 14.8 Å². The Balaban J connectivity index is 2.88. The first-order valence-electron chi connectivity index (χ1n) is 6.71. The first-order valence-corrected chi connectivity index (χ1v) is 6.71. The molecule has 0 heterocycles. The van der Waals surface area contributed by atoms with Gasteiger partial charge in [-0.2, -0.15) is 0 Å². The summed E-state index contributed by atoms with van der Waals surface area (Å²) < 4.78 is 5.05. The topological polar surface area (TPSA) is 49.7 Å². The fourth-order valence-electron chi connectivity index (χ4n) is 1.70. The van der Waals surface area contributed by atoms with Crippen molar-refractivity contribution in [3.8, 4) is 0 Å². The van der Waals surface area contributed by atoms with E-state index in [1.807, 2.05) is 0 Å². The number of ether oxygens (including phenoxy) is 1. The van der Waals surface area contributed by atoms with Crippen molar-refractivity contribution in [1.82, 2.24) is 0 Å². The molecule has 0 rings (SSSR count). The predicted molar refractivity (Wildman–Crippen MR) is 68.2 cm³/mol. The first-order chi connectivity index (χ1) is 7.77. The predicted octanol–water partition coefficient (Wildman–Crippen LogP) is 2.55. The summed E-state index contributed by atoms with van der Waals surface area (Å²) in [6.45, 7) is 2.92. The highest BCUT2D eigenvalue weighted by molar-refractivity contribution is 6.40. The van der Waals surface area contributed by atoms with Crippen molar-refractivity contribution in [2.45, 2.75) is 64.7 Å². The molecule has 0 atom stereocenters. The number of unbranched alkanes of at least 4 members (excludes halogenated alkanes) is 8. The second-order valence-corrected chi connectivity index (χ2v) is 4.38. The van der Waals surface area contributed by atoms with Crippen LogP contribution in [0.5, 0.6) is 0 Å². The van der Waals surface area contributed by atoms with Gasteiger partial charge in [0.1, 0.15) is 0 Å². The van der Waals surface area contributed by atoms with Crippen molar-refractivity contribution >= 4 is 7.12 Å². The van der Waals surface area contributed by atoms with E-state index in [9.17, 15) is 0 Å². The molecule has 0 aliphatic heterocycles. The lowest BCUT2D eigenvalue weighted by molar-refractivity contribution is 0.149. The minimum atomic E-state index is -1.32. The minimum Gasteiger partial charge on any atom is -0.426 e. The monoisotopic (exact) mass is 230 g/mol. The fourth-order valence-corrected chi connectivity index (χ4v) is 1.70. The van der Waals surface area contributed by atoms with Gasteiger partial charge in [0, 0.05) is 6.61 Å². The van der Waals surface area contributed by atoms with Crippen LogP contribution in [0.4, 0.5) is 0 Å². The molecule has 0 amide bonds. The molecule has 0 aliphatic carbocycles.